The van der Waals surface area contributed by atoms with Crippen molar-refractivity contribution in [2.45, 2.75) is 38.6 Å². The van der Waals surface area contributed by atoms with E-state index in [4.69, 9.17) is 5.10 Å². The molecule has 0 aliphatic carbocycles. The number of carbonyl (C=O) groups excluding carboxylic acids is 1. The fourth-order valence-corrected chi connectivity index (χ4v) is 3.69. The Morgan fingerprint density at radius 1 is 1.29 bits per heavy atom. The molecule has 7 nitrogen and oxygen atoms in total. The summed E-state index contributed by atoms with van der Waals surface area (Å²) in [6, 6.07) is 8.09. The molecule has 28 heavy (non-hydrogen) atoms. The molecule has 0 saturated carbocycles. The van der Waals surface area contributed by atoms with Crippen LogP contribution in [0.2, 0.25) is 0 Å². The molecule has 1 amide bonds. The van der Waals surface area contributed by atoms with Gasteiger partial charge in [0.2, 0.25) is 5.91 Å². The second-order valence-electron chi connectivity index (χ2n) is 7.45. The second-order valence-corrected chi connectivity index (χ2v) is 7.45. The molecule has 1 aliphatic rings. The summed E-state index contributed by atoms with van der Waals surface area (Å²) in [5, 5.41) is 11.2. The molecule has 146 valence electrons. The summed E-state index contributed by atoms with van der Waals surface area (Å²) in [6.45, 7) is 6.98. The third kappa shape index (κ3) is 3.75. The molecule has 7 heteroatoms. The lowest BCUT2D eigenvalue weighted by Crippen LogP contribution is -2.31. The molecule has 4 rings (SSSR count). The largest absolute Gasteiger partial charge is 0.354 e. The van der Waals surface area contributed by atoms with Crippen LogP contribution < -0.4 is 10.6 Å². The molecule has 2 atom stereocenters. The van der Waals surface area contributed by atoms with E-state index in [2.05, 4.69) is 20.6 Å². The summed E-state index contributed by atoms with van der Waals surface area (Å²) in [7, 11) is 0. The summed E-state index contributed by atoms with van der Waals surface area (Å²) in [5.74, 6) is 0.207. The molecule has 3 heterocycles. The highest BCUT2D eigenvalue weighted by molar-refractivity contribution is 5.83. The lowest BCUT2D eigenvalue weighted by atomic mass is 9.99. The highest BCUT2D eigenvalue weighted by Gasteiger charge is 2.24. The first-order valence-corrected chi connectivity index (χ1v) is 9.86. The van der Waals surface area contributed by atoms with Gasteiger partial charge in [0.1, 0.15) is 5.52 Å². The summed E-state index contributed by atoms with van der Waals surface area (Å²) in [5.41, 5.74) is 4.87. The first-order chi connectivity index (χ1) is 13.6. The molecule has 1 aromatic carbocycles. The van der Waals surface area contributed by atoms with Gasteiger partial charge in [-0.3, -0.25) is 4.79 Å². The summed E-state index contributed by atoms with van der Waals surface area (Å²) >= 11 is 0. The maximum absolute atomic E-state index is 12.5. The summed E-state index contributed by atoms with van der Waals surface area (Å²) in [4.78, 5) is 21.5. The van der Waals surface area contributed by atoms with Crippen molar-refractivity contribution in [1.82, 2.24) is 30.4 Å². The number of rotatable bonds is 6. The van der Waals surface area contributed by atoms with E-state index in [1.54, 1.807) is 12.4 Å². The van der Waals surface area contributed by atoms with Crippen molar-refractivity contribution < 1.29 is 4.79 Å². The standard InChI is InChI=1S/C21H26N6O/c1-14-3-5-16(6-4-14)15(2)21(28)25-11-12-27-20-19(23-9-10-24-20)18(26-27)17-7-8-22-13-17/h3-6,9-10,15,17,22H,7-8,11-13H2,1-2H3,(H,25,28)/t15-,17-/m0/s1. The third-order valence-corrected chi connectivity index (χ3v) is 5.43. The fourth-order valence-electron chi connectivity index (χ4n) is 3.69. The maximum Gasteiger partial charge on any atom is 0.227 e. The number of amides is 1. The van der Waals surface area contributed by atoms with Crippen molar-refractivity contribution >= 4 is 17.1 Å². The molecule has 0 spiro atoms. The molecule has 1 fully saturated rings. The van der Waals surface area contributed by atoms with Crippen LogP contribution in [0, 0.1) is 6.92 Å². The van der Waals surface area contributed by atoms with Crippen LogP contribution in [-0.2, 0) is 11.3 Å². The zero-order valence-electron chi connectivity index (χ0n) is 16.4. The van der Waals surface area contributed by atoms with E-state index in [0.717, 1.165) is 41.9 Å². The second kappa shape index (κ2) is 8.06. The van der Waals surface area contributed by atoms with Gasteiger partial charge in [0.25, 0.3) is 0 Å². The number of aryl methyl sites for hydroxylation is 1. The zero-order chi connectivity index (χ0) is 19.5. The van der Waals surface area contributed by atoms with Gasteiger partial charge in [-0.05, 0) is 32.4 Å². The predicted octanol–water partition coefficient (Wildman–Crippen LogP) is 2.13. The van der Waals surface area contributed by atoms with Gasteiger partial charge >= 0.3 is 0 Å². The Morgan fingerprint density at radius 2 is 2.07 bits per heavy atom. The monoisotopic (exact) mass is 378 g/mol. The number of carbonyl (C=O) groups is 1. The molecule has 2 N–H and O–H groups in total. The SMILES string of the molecule is Cc1ccc([C@H](C)C(=O)NCCn2nc([C@H]3CCNC3)c3nccnc32)cc1. The van der Waals surface area contributed by atoms with Crippen LogP contribution >= 0.6 is 0 Å². The molecular weight excluding hydrogens is 352 g/mol. The Morgan fingerprint density at radius 3 is 2.82 bits per heavy atom. The first-order valence-electron chi connectivity index (χ1n) is 9.86. The Balaban J connectivity index is 1.43. The van der Waals surface area contributed by atoms with Gasteiger partial charge in [0.15, 0.2) is 5.65 Å². The molecule has 1 saturated heterocycles. The predicted molar refractivity (Wildman–Crippen MR) is 108 cm³/mol. The number of benzene rings is 1. The van der Waals surface area contributed by atoms with E-state index >= 15 is 0 Å². The van der Waals surface area contributed by atoms with Gasteiger partial charge in [-0.1, -0.05) is 29.8 Å². The van der Waals surface area contributed by atoms with Gasteiger partial charge in [-0.25, -0.2) is 14.6 Å². The van der Waals surface area contributed by atoms with Gasteiger partial charge < -0.3 is 10.6 Å². The van der Waals surface area contributed by atoms with Crippen molar-refractivity contribution in [3.8, 4) is 0 Å². The van der Waals surface area contributed by atoms with Gasteiger partial charge in [0, 0.05) is 31.4 Å². The molecular formula is C21H26N6O. The zero-order valence-corrected chi connectivity index (χ0v) is 16.4. The highest BCUT2D eigenvalue weighted by Crippen LogP contribution is 2.26. The quantitative estimate of drug-likeness (QED) is 0.686. The van der Waals surface area contributed by atoms with E-state index < -0.39 is 0 Å². The number of aromatic nitrogens is 4. The number of hydrogen-bond acceptors (Lipinski definition) is 5. The Bertz CT molecular complexity index is 959. The molecule has 0 radical (unpaired) electrons. The van der Waals surface area contributed by atoms with E-state index in [-0.39, 0.29) is 11.8 Å². The molecule has 0 bridgehead atoms. The normalized spacial score (nSPS) is 17.7. The van der Waals surface area contributed by atoms with Crippen LogP contribution in [0.25, 0.3) is 11.2 Å². The van der Waals surface area contributed by atoms with Gasteiger partial charge in [-0.15, -0.1) is 0 Å². The lowest BCUT2D eigenvalue weighted by Gasteiger charge is -2.13. The van der Waals surface area contributed by atoms with Crippen LogP contribution in [0.3, 0.4) is 0 Å². The van der Waals surface area contributed by atoms with Crippen molar-refractivity contribution in [1.29, 1.82) is 0 Å². The molecule has 3 aromatic rings. The summed E-state index contributed by atoms with van der Waals surface area (Å²) in [6.07, 6.45) is 4.47. The van der Waals surface area contributed by atoms with Crippen LogP contribution in [0.4, 0.5) is 0 Å². The summed E-state index contributed by atoms with van der Waals surface area (Å²) < 4.78 is 1.87. The number of fused-ring (bicyclic) bond motifs is 1. The number of nitrogens with one attached hydrogen (secondary N) is 2. The van der Waals surface area contributed by atoms with E-state index in [9.17, 15) is 4.79 Å². The van der Waals surface area contributed by atoms with Gasteiger partial charge in [0.05, 0.1) is 18.2 Å². The minimum absolute atomic E-state index is 0.0200. The Kier molecular flexibility index (Phi) is 5.34. The van der Waals surface area contributed by atoms with E-state index in [1.807, 2.05) is 42.8 Å². The third-order valence-electron chi connectivity index (χ3n) is 5.43. The first kappa shape index (κ1) is 18.6. The average Bonchev–Trinajstić information content (AvgIpc) is 3.36. The van der Waals surface area contributed by atoms with E-state index in [0.29, 0.717) is 19.0 Å². The van der Waals surface area contributed by atoms with Crippen LogP contribution in [0.15, 0.2) is 36.7 Å². The Labute approximate surface area is 164 Å². The lowest BCUT2D eigenvalue weighted by molar-refractivity contribution is -0.122. The van der Waals surface area contributed by atoms with Crippen molar-refractivity contribution in [3.05, 3.63) is 53.5 Å². The minimum atomic E-state index is -0.185. The topological polar surface area (TPSA) is 84.7 Å². The molecule has 1 aliphatic heterocycles. The van der Waals surface area contributed by atoms with Crippen LogP contribution in [0.5, 0.6) is 0 Å². The molecule has 2 aromatic heterocycles. The average molecular weight is 378 g/mol. The molecule has 0 unspecified atom stereocenters. The van der Waals surface area contributed by atoms with Crippen LogP contribution in [0.1, 0.15) is 42.0 Å². The van der Waals surface area contributed by atoms with Crippen LogP contribution in [-0.4, -0.2) is 45.3 Å². The highest BCUT2D eigenvalue weighted by atomic mass is 16.1. The Hall–Kier alpha value is -2.80. The number of nitrogens with zero attached hydrogens (tertiary/aromatic N) is 4. The van der Waals surface area contributed by atoms with Gasteiger partial charge in [-0.2, -0.15) is 5.10 Å². The van der Waals surface area contributed by atoms with E-state index in [1.165, 1.54) is 5.56 Å². The number of hydrogen-bond donors (Lipinski definition) is 2. The van der Waals surface area contributed by atoms with Crippen molar-refractivity contribution in [2.24, 2.45) is 0 Å². The smallest absolute Gasteiger partial charge is 0.227 e. The van der Waals surface area contributed by atoms with Crippen molar-refractivity contribution in [2.75, 3.05) is 19.6 Å². The maximum atomic E-state index is 12.5. The minimum Gasteiger partial charge on any atom is -0.354 e. The fraction of sp³-hybridized carbons (Fsp3) is 0.429. The van der Waals surface area contributed by atoms with Crippen molar-refractivity contribution in [3.63, 3.8) is 0 Å².